The Bertz CT molecular complexity index is 963. The summed E-state index contributed by atoms with van der Waals surface area (Å²) in [6.07, 6.45) is 9.65. The maximum absolute atomic E-state index is 12.6. The molecule has 4 rings (SSSR count). The number of fused-ring (bicyclic) bond motifs is 1. The molecule has 0 amide bonds. The fourth-order valence-electron chi connectivity index (χ4n) is 4.79. The fraction of sp³-hybridized carbons (Fsp3) is 0.636. The van der Waals surface area contributed by atoms with Crippen LogP contribution in [0.15, 0.2) is 16.9 Å². The molecule has 1 saturated heterocycles. The third kappa shape index (κ3) is 4.81. The zero-order valence-electron chi connectivity index (χ0n) is 17.6. The highest BCUT2D eigenvalue weighted by Gasteiger charge is 2.23. The van der Waals surface area contributed by atoms with Crippen molar-refractivity contribution in [2.45, 2.75) is 51.9 Å². The van der Waals surface area contributed by atoms with Gasteiger partial charge in [-0.15, -0.1) is 0 Å². The second-order valence-corrected chi connectivity index (χ2v) is 9.67. The molecule has 0 atom stereocenters. The lowest BCUT2D eigenvalue weighted by atomic mass is 9.86. The first-order valence-corrected chi connectivity index (χ1v) is 11.9. The Hall–Kier alpha value is -2.06. The number of piperazine rings is 1. The van der Waals surface area contributed by atoms with E-state index in [4.69, 9.17) is 0 Å². The molecular formula is C22H30N4O3S. The van der Waals surface area contributed by atoms with Crippen molar-refractivity contribution in [1.29, 1.82) is 0 Å². The Balaban J connectivity index is 1.39. The van der Waals surface area contributed by atoms with Crippen LogP contribution in [0.5, 0.6) is 0 Å². The molecule has 30 heavy (non-hydrogen) atoms. The lowest BCUT2D eigenvalue weighted by Crippen LogP contribution is -2.47. The third-order valence-corrected chi connectivity index (χ3v) is 7.65. The SMILES string of the molecule is Cc1cc([N+](=O)[O-])c2sc(N3CCN(CCCC4CCCCC4)CC3)nc(=O)c2c1. The molecule has 0 unspecified atom stereocenters. The summed E-state index contributed by atoms with van der Waals surface area (Å²) in [5.41, 5.74) is 0.326. The molecule has 1 aromatic heterocycles. The monoisotopic (exact) mass is 430 g/mol. The van der Waals surface area contributed by atoms with Gasteiger partial charge in [0.05, 0.1) is 10.3 Å². The number of nitro groups is 1. The first-order chi connectivity index (χ1) is 14.5. The number of hydrogen-bond donors (Lipinski definition) is 0. The van der Waals surface area contributed by atoms with Gasteiger partial charge < -0.3 is 4.90 Å². The van der Waals surface area contributed by atoms with Crippen LogP contribution in [0, 0.1) is 23.0 Å². The Kier molecular flexibility index (Phi) is 6.63. The summed E-state index contributed by atoms with van der Waals surface area (Å²) in [6.45, 7) is 6.39. The molecule has 2 heterocycles. The molecule has 1 aliphatic carbocycles. The molecule has 7 nitrogen and oxygen atoms in total. The third-order valence-electron chi connectivity index (χ3n) is 6.49. The van der Waals surface area contributed by atoms with Crippen LogP contribution in [0.2, 0.25) is 0 Å². The largest absolute Gasteiger partial charge is 0.345 e. The van der Waals surface area contributed by atoms with Crippen LogP contribution < -0.4 is 10.5 Å². The zero-order valence-corrected chi connectivity index (χ0v) is 18.5. The average Bonchev–Trinajstić information content (AvgIpc) is 2.75. The molecule has 2 aromatic rings. The number of rotatable bonds is 6. The molecule has 2 fully saturated rings. The Morgan fingerprint density at radius 1 is 1.17 bits per heavy atom. The van der Waals surface area contributed by atoms with Gasteiger partial charge in [0.2, 0.25) is 0 Å². The van der Waals surface area contributed by atoms with Gasteiger partial charge in [-0.1, -0.05) is 43.4 Å². The molecule has 2 aliphatic rings. The van der Waals surface area contributed by atoms with Crippen molar-refractivity contribution >= 4 is 32.2 Å². The smallest absolute Gasteiger partial charge is 0.287 e. The summed E-state index contributed by atoms with van der Waals surface area (Å²) in [4.78, 5) is 32.5. The molecule has 1 aliphatic heterocycles. The van der Waals surface area contributed by atoms with E-state index in [1.165, 1.54) is 62.3 Å². The van der Waals surface area contributed by atoms with Crippen LogP contribution in [0.4, 0.5) is 10.8 Å². The summed E-state index contributed by atoms with van der Waals surface area (Å²) >= 11 is 1.26. The first kappa shape index (κ1) is 21.2. The number of nitro benzene ring substituents is 1. The van der Waals surface area contributed by atoms with Gasteiger partial charge in [0.15, 0.2) is 5.13 Å². The maximum atomic E-state index is 12.6. The maximum Gasteiger partial charge on any atom is 0.287 e. The van der Waals surface area contributed by atoms with E-state index in [2.05, 4.69) is 14.8 Å². The van der Waals surface area contributed by atoms with Gasteiger partial charge in [-0.3, -0.25) is 19.8 Å². The Morgan fingerprint density at radius 3 is 2.60 bits per heavy atom. The molecule has 0 spiro atoms. The van der Waals surface area contributed by atoms with Crippen LogP contribution in [-0.2, 0) is 0 Å². The fourth-order valence-corrected chi connectivity index (χ4v) is 5.91. The van der Waals surface area contributed by atoms with Crippen LogP contribution in [0.3, 0.4) is 0 Å². The summed E-state index contributed by atoms with van der Waals surface area (Å²) in [5, 5.41) is 12.4. The van der Waals surface area contributed by atoms with E-state index >= 15 is 0 Å². The molecule has 0 radical (unpaired) electrons. The van der Waals surface area contributed by atoms with Gasteiger partial charge in [0, 0.05) is 32.2 Å². The molecule has 0 bridgehead atoms. The van der Waals surface area contributed by atoms with Gasteiger partial charge in [-0.05, 0) is 43.9 Å². The standard InChI is InChI=1S/C22H30N4O3S/c1-16-14-18-20(19(15-16)26(28)29)30-22(23-21(18)27)25-12-10-24(11-13-25)9-5-8-17-6-3-2-4-7-17/h14-15,17H,2-13H2,1H3. The lowest BCUT2D eigenvalue weighted by Gasteiger charge is -2.35. The van der Waals surface area contributed by atoms with E-state index in [9.17, 15) is 14.9 Å². The molecule has 1 saturated carbocycles. The summed E-state index contributed by atoms with van der Waals surface area (Å²) in [5.74, 6) is 0.929. The zero-order chi connectivity index (χ0) is 21.1. The second kappa shape index (κ2) is 9.39. The highest BCUT2D eigenvalue weighted by molar-refractivity contribution is 7.22. The lowest BCUT2D eigenvalue weighted by molar-refractivity contribution is -0.382. The van der Waals surface area contributed by atoms with E-state index in [1.54, 1.807) is 13.0 Å². The minimum atomic E-state index is -0.403. The number of hydrogen-bond acceptors (Lipinski definition) is 7. The molecule has 0 N–H and O–H groups in total. The topological polar surface area (TPSA) is 79.6 Å². The molecule has 1 aromatic carbocycles. The first-order valence-electron chi connectivity index (χ1n) is 11.1. The van der Waals surface area contributed by atoms with Crippen LogP contribution in [0.1, 0.15) is 50.5 Å². The molecule has 8 heteroatoms. The van der Waals surface area contributed by atoms with E-state index < -0.39 is 4.92 Å². The van der Waals surface area contributed by atoms with E-state index in [0.29, 0.717) is 20.8 Å². The molecular weight excluding hydrogens is 400 g/mol. The van der Waals surface area contributed by atoms with Crippen molar-refractivity contribution in [2.75, 3.05) is 37.6 Å². The number of aromatic nitrogens is 1. The van der Waals surface area contributed by atoms with Crippen molar-refractivity contribution < 1.29 is 4.92 Å². The van der Waals surface area contributed by atoms with Crippen molar-refractivity contribution in [1.82, 2.24) is 9.88 Å². The van der Waals surface area contributed by atoms with Crippen molar-refractivity contribution in [3.8, 4) is 0 Å². The average molecular weight is 431 g/mol. The number of anilines is 1. The minimum absolute atomic E-state index is 0.00269. The normalized spacial score (nSPS) is 18.8. The number of nitrogens with zero attached hydrogens (tertiary/aromatic N) is 4. The Labute approximate surface area is 180 Å². The van der Waals surface area contributed by atoms with Gasteiger partial charge in [0.1, 0.15) is 4.70 Å². The van der Waals surface area contributed by atoms with Crippen LogP contribution >= 0.6 is 11.3 Å². The van der Waals surface area contributed by atoms with Crippen LogP contribution in [0.25, 0.3) is 10.1 Å². The van der Waals surface area contributed by atoms with Gasteiger partial charge in [0.25, 0.3) is 11.2 Å². The van der Waals surface area contributed by atoms with E-state index in [1.807, 2.05) is 0 Å². The quantitative estimate of drug-likeness (QED) is 0.501. The predicted octanol–water partition coefficient (Wildman–Crippen LogP) is 4.36. The highest BCUT2D eigenvalue weighted by Crippen LogP contribution is 2.33. The number of benzene rings is 1. The predicted molar refractivity (Wildman–Crippen MR) is 122 cm³/mol. The van der Waals surface area contributed by atoms with Crippen molar-refractivity contribution in [2.24, 2.45) is 5.92 Å². The van der Waals surface area contributed by atoms with E-state index in [-0.39, 0.29) is 11.2 Å². The summed E-state index contributed by atoms with van der Waals surface area (Å²) < 4.78 is 0.426. The van der Waals surface area contributed by atoms with Gasteiger partial charge in [-0.2, -0.15) is 4.98 Å². The van der Waals surface area contributed by atoms with Gasteiger partial charge in [-0.25, -0.2) is 0 Å². The highest BCUT2D eigenvalue weighted by atomic mass is 32.1. The minimum Gasteiger partial charge on any atom is -0.345 e. The second-order valence-electron chi connectivity index (χ2n) is 8.69. The van der Waals surface area contributed by atoms with Gasteiger partial charge >= 0.3 is 0 Å². The molecule has 162 valence electrons. The van der Waals surface area contributed by atoms with E-state index in [0.717, 1.165) is 38.6 Å². The summed E-state index contributed by atoms with van der Waals surface area (Å²) in [7, 11) is 0. The summed E-state index contributed by atoms with van der Waals surface area (Å²) in [6, 6.07) is 3.23. The number of aryl methyl sites for hydroxylation is 1. The Morgan fingerprint density at radius 2 is 1.90 bits per heavy atom. The van der Waals surface area contributed by atoms with Crippen molar-refractivity contribution in [3.63, 3.8) is 0 Å². The van der Waals surface area contributed by atoms with Crippen LogP contribution in [-0.4, -0.2) is 47.5 Å². The van der Waals surface area contributed by atoms with Crippen molar-refractivity contribution in [3.05, 3.63) is 38.2 Å². The number of non-ortho nitro benzene ring substituents is 1.